The van der Waals surface area contributed by atoms with Crippen molar-refractivity contribution >= 4 is 52.3 Å². The number of carbonyl (C=O) groups is 3. The molecule has 0 bridgehead atoms. The van der Waals surface area contributed by atoms with Gasteiger partial charge in [-0.05, 0) is 43.2 Å². The Morgan fingerprint density at radius 3 is 2.32 bits per heavy atom. The molecule has 2 aliphatic heterocycles. The Kier molecular flexibility index (Phi) is 6.49. The van der Waals surface area contributed by atoms with Crippen molar-refractivity contribution in [2.75, 3.05) is 29.9 Å². The highest BCUT2D eigenvalue weighted by Crippen LogP contribution is 2.29. The highest BCUT2D eigenvalue weighted by molar-refractivity contribution is 6.42. The monoisotopic (exact) mass is 459 g/mol. The number of carbonyl (C=O) groups excluding carboxylic acids is 3. The van der Waals surface area contributed by atoms with Gasteiger partial charge in [0.05, 0.1) is 16.0 Å². The largest absolute Gasteiger partial charge is 0.342 e. The molecule has 0 spiro atoms. The van der Waals surface area contributed by atoms with Crippen LogP contribution < -0.4 is 10.2 Å². The molecule has 0 radical (unpaired) electrons. The van der Waals surface area contributed by atoms with Crippen molar-refractivity contribution in [2.24, 2.45) is 11.8 Å². The third kappa shape index (κ3) is 4.86. The van der Waals surface area contributed by atoms with Gasteiger partial charge in [-0.15, -0.1) is 0 Å². The molecule has 2 fully saturated rings. The summed E-state index contributed by atoms with van der Waals surface area (Å²) in [6.07, 6.45) is 1.40. The molecule has 0 saturated carbocycles. The van der Waals surface area contributed by atoms with Crippen LogP contribution in [-0.4, -0.2) is 42.3 Å². The van der Waals surface area contributed by atoms with Crippen LogP contribution in [0, 0.1) is 11.8 Å². The molecule has 2 saturated heterocycles. The van der Waals surface area contributed by atoms with Crippen molar-refractivity contribution in [3.8, 4) is 0 Å². The molecule has 3 amide bonds. The lowest BCUT2D eigenvalue weighted by Gasteiger charge is -2.33. The maximum atomic E-state index is 13.0. The minimum atomic E-state index is -0.339. The minimum absolute atomic E-state index is 0.00452. The second kappa shape index (κ2) is 9.28. The predicted molar refractivity (Wildman–Crippen MR) is 121 cm³/mol. The quantitative estimate of drug-likeness (QED) is 0.743. The number of nitrogens with one attached hydrogen (secondary N) is 1. The lowest BCUT2D eigenvalue weighted by atomic mass is 9.94. The molecule has 4 rings (SSSR count). The van der Waals surface area contributed by atoms with Crippen molar-refractivity contribution in [1.82, 2.24) is 4.90 Å². The summed E-state index contributed by atoms with van der Waals surface area (Å²) in [5.41, 5.74) is 1.42. The maximum absolute atomic E-state index is 13.0. The molecule has 2 aromatic rings. The first-order valence-corrected chi connectivity index (χ1v) is 11.1. The van der Waals surface area contributed by atoms with Gasteiger partial charge in [-0.3, -0.25) is 14.4 Å². The molecular weight excluding hydrogens is 437 g/mol. The van der Waals surface area contributed by atoms with Gasteiger partial charge in [-0.2, -0.15) is 0 Å². The zero-order valence-electron chi connectivity index (χ0n) is 16.9. The fourth-order valence-corrected chi connectivity index (χ4v) is 4.47. The van der Waals surface area contributed by atoms with Gasteiger partial charge in [0, 0.05) is 43.3 Å². The van der Waals surface area contributed by atoms with Gasteiger partial charge in [-0.25, -0.2) is 0 Å². The smallest absolute Gasteiger partial charge is 0.228 e. The SMILES string of the molecule is O=C(Nc1ccc(Cl)c(Cl)c1)C1CCN(C(=O)C2CC(=O)N(c3ccccc3)C2)CC1. The number of likely N-dealkylation sites (tertiary alicyclic amines) is 1. The number of hydrogen-bond donors (Lipinski definition) is 1. The van der Waals surface area contributed by atoms with Gasteiger partial charge in [0.15, 0.2) is 0 Å². The van der Waals surface area contributed by atoms with E-state index in [2.05, 4.69) is 5.32 Å². The highest BCUT2D eigenvalue weighted by atomic mass is 35.5. The Morgan fingerprint density at radius 1 is 0.935 bits per heavy atom. The highest BCUT2D eigenvalue weighted by Gasteiger charge is 2.38. The number of amides is 3. The average molecular weight is 460 g/mol. The Balaban J connectivity index is 1.30. The van der Waals surface area contributed by atoms with E-state index < -0.39 is 0 Å². The first kappa shape index (κ1) is 21.7. The third-order valence-electron chi connectivity index (χ3n) is 5.91. The number of nitrogens with zero attached hydrogens (tertiary/aromatic N) is 2. The molecule has 0 aromatic heterocycles. The predicted octanol–water partition coefficient (Wildman–Crippen LogP) is 4.22. The fourth-order valence-electron chi connectivity index (χ4n) is 4.17. The number of halogens is 2. The zero-order valence-corrected chi connectivity index (χ0v) is 18.4. The van der Waals surface area contributed by atoms with E-state index in [9.17, 15) is 14.4 Å². The van der Waals surface area contributed by atoms with E-state index in [0.717, 1.165) is 5.69 Å². The van der Waals surface area contributed by atoms with Crippen molar-refractivity contribution in [3.05, 3.63) is 58.6 Å². The first-order valence-electron chi connectivity index (χ1n) is 10.3. The normalized spacial score (nSPS) is 19.5. The van der Waals surface area contributed by atoms with Crippen LogP contribution in [0.15, 0.2) is 48.5 Å². The zero-order chi connectivity index (χ0) is 22.0. The summed E-state index contributed by atoms with van der Waals surface area (Å²) in [5.74, 6) is -0.633. The van der Waals surface area contributed by atoms with E-state index in [0.29, 0.717) is 48.2 Å². The van der Waals surface area contributed by atoms with Crippen LogP contribution in [0.5, 0.6) is 0 Å². The lowest BCUT2D eigenvalue weighted by molar-refractivity contribution is -0.138. The van der Waals surface area contributed by atoms with E-state index >= 15 is 0 Å². The number of anilines is 2. The molecule has 2 aromatic carbocycles. The van der Waals surface area contributed by atoms with Crippen LogP contribution >= 0.6 is 23.2 Å². The number of piperidine rings is 1. The summed E-state index contributed by atoms with van der Waals surface area (Å²) in [6, 6.07) is 14.4. The number of rotatable bonds is 4. The summed E-state index contributed by atoms with van der Waals surface area (Å²) in [5, 5.41) is 3.69. The van der Waals surface area contributed by atoms with Gasteiger partial charge in [0.2, 0.25) is 17.7 Å². The molecule has 162 valence electrons. The average Bonchev–Trinajstić information content (AvgIpc) is 3.18. The topological polar surface area (TPSA) is 69.7 Å². The molecule has 1 unspecified atom stereocenters. The van der Waals surface area contributed by atoms with Crippen LogP contribution in [0.4, 0.5) is 11.4 Å². The third-order valence-corrected chi connectivity index (χ3v) is 6.65. The molecular formula is C23H23Cl2N3O3. The molecule has 8 heteroatoms. The number of benzene rings is 2. The molecule has 31 heavy (non-hydrogen) atoms. The van der Waals surface area contributed by atoms with Crippen LogP contribution in [0.3, 0.4) is 0 Å². The fraction of sp³-hybridized carbons (Fsp3) is 0.348. The second-order valence-corrected chi connectivity index (χ2v) is 8.77. The molecule has 6 nitrogen and oxygen atoms in total. The van der Waals surface area contributed by atoms with Gasteiger partial charge in [-0.1, -0.05) is 41.4 Å². The first-order chi connectivity index (χ1) is 14.9. The van der Waals surface area contributed by atoms with Gasteiger partial charge < -0.3 is 15.1 Å². The van der Waals surface area contributed by atoms with E-state index in [-0.39, 0.29) is 36.0 Å². The summed E-state index contributed by atoms with van der Waals surface area (Å²) in [6.45, 7) is 1.42. The summed E-state index contributed by atoms with van der Waals surface area (Å²) >= 11 is 11.9. The molecule has 2 heterocycles. The van der Waals surface area contributed by atoms with Crippen LogP contribution in [0.25, 0.3) is 0 Å². The maximum Gasteiger partial charge on any atom is 0.228 e. The van der Waals surface area contributed by atoms with Crippen molar-refractivity contribution in [3.63, 3.8) is 0 Å². The van der Waals surface area contributed by atoms with Crippen molar-refractivity contribution in [2.45, 2.75) is 19.3 Å². The standard InChI is InChI=1S/C23H23Cl2N3O3/c24-19-7-6-17(13-20(19)25)26-22(30)15-8-10-27(11-9-15)23(31)16-12-21(29)28(14-16)18-4-2-1-3-5-18/h1-7,13,15-16H,8-12,14H2,(H,26,30). The number of hydrogen-bond acceptors (Lipinski definition) is 3. The molecule has 0 aliphatic carbocycles. The Hall–Kier alpha value is -2.57. The van der Waals surface area contributed by atoms with Crippen LogP contribution in [0.1, 0.15) is 19.3 Å². The summed E-state index contributed by atoms with van der Waals surface area (Å²) in [7, 11) is 0. The molecule has 1 atom stereocenters. The van der Waals surface area contributed by atoms with Gasteiger partial charge in [0.1, 0.15) is 0 Å². The van der Waals surface area contributed by atoms with Gasteiger partial charge in [0.25, 0.3) is 0 Å². The van der Waals surface area contributed by atoms with Crippen LogP contribution in [-0.2, 0) is 14.4 Å². The van der Waals surface area contributed by atoms with Crippen molar-refractivity contribution in [1.29, 1.82) is 0 Å². The number of para-hydroxylation sites is 1. The molecule has 2 aliphatic rings. The van der Waals surface area contributed by atoms with E-state index in [1.54, 1.807) is 28.0 Å². The summed E-state index contributed by atoms with van der Waals surface area (Å²) < 4.78 is 0. The second-order valence-electron chi connectivity index (χ2n) is 7.96. The Labute approximate surface area is 191 Å². The van der Waals surface area contributed by atoms with Crippen molar-refractivity contribution < 1.29 is 14.4 Å². The van der Waals surface area contributed by atoms with Gasteiger partial charge >= 0.3 is 0 Å². The summed E-state index contributed by atoms with van der Waals surface area (Å²) in [4.78, 5) is 41.5. The van der Waals surface area contributed by atoms with Crippen LogP contribution in [0.2, 0.25) is 10.0 Å². The van der Waals surface area contributed by atoms with E-state index in [1.807, 2.05) is 30.3 Å². The Bertz CT molecular complexity index is 991. The Morgan fingerprint density at radius 2 is 1.65 bits per heavy atom. The van der Waals surface area contributed by atoms with E-state index in [1.165, 1.54) is 0 Å². The molecule has 1 N–H and O–H groups in total. The van der Waals surface area contributed by atoms with E-state index in [4.69, 9.17) is 23.2 Å². The lowest BCUT2D eigenvalue weighted by Crippen LogP contribution is -2.44. The minimum Gasteiger partial charge on any atom is -0.342 e.